The fourth-order valence-electron chi connectivity index (χ4n) is 1.42. The highest BCUT2D eigenvalue weighted by Crippen LogP contribution is 2.29. The summed E-state index contributed by atoms with van der Waals surface area (Å²) >= 11 is 11.4. The molecule has 0 saturated carbocycles. The lowest BCUT2D eigenvalue weighted by Crippen LogP contribution is -2.19. The van der Waals surface area contributed by atoms with Gasteiger partial charge in [0, 0.05) is 5.75 Å². The molecule has 0 aromatic heterocycles. The number of carboxylic acid groups (broad SMARTS) is 1. The Bertz CT molecular complexity index is 768. The van der Waals surface area contributed by atoms with Crippen molar-refractivity contribution in [1.82, 2.24) is 0 Å². The van der Waals surface area contributed by atoms with Gasteiger partial charge in [-0.2, -0.15) is 0 Å². The van der Waals surface area contributed by atoms with Crippen LogP contribution in [0, 0.1) is 0 Å². The Labute approximate surface area is 132 Å². The Morgan fingerprint density at radius 2 is 1.67 bits per heavy atom. The molecule has 0 heterocycles. The van der Waals surface area contributed by atoms with Gasteiger partial charge in [0.05, 0.1) is 32.0 Å². The fraction of sp³-hybridized carbons (Fsp3) is 0.364. The maximum atomic E-state index is 12.1. The highest BCUT2D eigenvalue weighted by atomic mass is 35.5. The monoisotopic (exact) mass is 374 g/mol. The summed E-state index contributed by atoms with van der Waals surface area (Å²) in [7, 11) is -7.51. The zero-order valence-corrected chi connectivity index (χ0v) is 14.0. The summed E-state index contributed by atoms with van der Waals surface area (Å²) < 4.78 is 47.0. The van der Waals surface area contributed by atoms with Crippen LogP contribution in [0.25, 0.3) is 0 Å². The number of carbonyl (C=O) groups is 1. The Kier molecular flexibility index (Phi) is 5.65. The van der Waals surface area contributed by atoms with Crippen LogP contribution in [-0.2, 0) is 19.7 Å². The number of rotatable bonds is 6. The van der Waals surface area contributed by atoms with Crippen LogP contribution in [0.4, 0.5) is 0 Å². The smallest absolute Gasteiger partial charge is 0.337 e. The Morgan fingerprint density at radius 3 is 2.14 bits per heavy atom. The third-order valence-corrected chi connectivity index (χ3v) is 7.14. The molecular formula is C11H12Cl2O6S2. The molecule has 1 aromatic rings. The third-order valence-electron chi connectivity index (χ3n) is 2.69. The van der Waals surface area contributed by atoms with Crippen molar-refractivity contribution in [2.45, 2.75) is 11.8 Å². The second-order valence-corrected chi connectivity index (χ2v) is 9.49. The quantitative estimate of drug-likeness (QED) is 0.814. The van der Waals surface area contributed by atoms with E-state index in [0.717, 1.165) is 12.1 Å². The molecule has 1 rings (SSSR count). The number of halogens is 2. The molecule has 6 nitrogen and oxygen atoms in total. The van der Waals surface area contributed by atoms with E-state index in [1.54, 1.807) is 0 Å². The van der Waals surface area contributed by atoms with Crippen LogP contribution >= 0.6 is 23.2 Å². The molecule has 21 heavy (non-hydrogen) atoms. The van der Waals surface area contributed by atoms with E-state index in [9.17, 15) is 21.6 Å². The number of sulfone groups is 2. The predicted molar refractivity (Wildman–Crippen MR) is 79.8 cm³/mol. The van der Waals surface area contributed by atoms with Crippen LogP contribution in [0.15, 0.2) is 17.0 Å². The van der Waals surface area contributed by atoms with Crippen molar-refractivity contribution in [3.8, 4) is 0 Å². The van der Waals surface area contributed by atoms with Crippen molar-refractivity contribution in [2.75, 3.05) is 17.3 Å². The van der Waals surface area contributed by atoms with Crippen molar-refractivity contribution in [2.24, 2.45) is 0 Å². The number of benzene rings is 1. The molecule has 0 atom stereocenters. The van der Waals surface area contributed by atoms with Gasteiger partial charge in [0.15, 0.2) is 19.7 Å². The molecule has 0 radical (unpaired) electrons. The number of aromatic carboxylic acids is 1. The highest BCUT2D eigenvalue weighted by Gasteiger charge is 2.24. The summed E-state index contributed by atoms with van der Waals surface area (Å²) in [4.78, 5) is 10.5. The van der Waals surface area contributed by atoms with Crippen LogP contribution in [0.1, 0.15) is 17.3 Å². The molecule has 0 spiro atoms. The first-order chi connectivity index (χ1) is 9.50. The largest absolute Gasteiger partial charge is 0.478 e. The van der Waals surface area contributed by atoms with Crippen LogP contribution in [0.2, 0.25) is 10.0 Å². The van der Waals surface area contributed by atoms with Gasteiger partial charge in [-0.3, -0.25) is 0 Å². The van der Waals surface area contributed by atoms with Gasteiger partial charge < -0.3 is 5.11 Å². The van der Waals surface area contributed by atoms with E-state index < -0.39 is 47.6 Å². The predicted octanol–water partition coefficient (Wildman–Crippen LogP) is 1.90. The molecule has 0 unspecified atom stereocenters. The molecular weight excluding hydrogens is 363 g/mol. The van der Waals surface area contributed by atoms with Crippen LogP contribution in [-0.4, -0.2) is 45.2 Å². The normalized spacial score (nSPS) is 12.3. The van der Waals surface area contributed by atoms with Gasteiger partial charge >= 0.3 is 5.97 Å². The summed E-state index contributed by atoms with van der Waals surface area (Å²) in [6, 6.07) is 1.84. The van der Waals surface area contributed by atoms with E-state index in [4.69, 9.17) is 28.3 Å². The molecule has 0 fully saturated rings. The van der Waals surface area contributed by atoms with Crippen LogP contribution in [0.3, 0.4) is 0 Å². The number of hydrogen-bond donors (Lipinski definition) is 1. The van der Waals surface area contributed by atoms with Crippen LogP contribution < -0.4 is 0 Å². The van der Waals surface area contributed by atoms with Gasteiger partial charge in [-0.1, -0.05) is 30.1 Å². The zero-order chi connectivity index (χ0) is 16.4. The molecule has 1 aromatic carbocycles. The SMILES string of the molecule is CCS(=O)(=O)CCS(=O)(=O)c1cc(C(=O)O)c(Cl)cc1Cl. The summed E-state index contributed by atoms with van der Waals surface area (Å²) in [6.07, 6.45) is 0. The minimum atomic E-state index is -4.04. The van der Waals surface area contributed by atoms with E-state index in [1.165, 1.54) is 6.92 Å². The Balaban J connectivity index is 3.26. The first kappa shape index (κ1) is 18.2. The second kappa shape index (κ2) is 6.51. The minimum absolute atomic E-state index is 0.183. The molecule has 0 aliphatic rings. The third kappa shape index (κ3) is 4.57. The van der Waals surface area contributed by atoms with Crippen LogP contribution in [0.5, 0.6) is 0 Å². The summed E-state index contributed by atoms with van der Waals surface area (Å²) in [5, 5.41) is 8.47. The highest BCUT2D eigenvalue weighted by molar-refractivity contribution is 7.95. The van der Waals surface area contributed by atoms with Gasteiger partial charge in [0.2, 0.25) is 0 Å². The Hall–Kier alpha value is -0.830. The molecule has 0 aliphatic heterocycles. The van der Waals surface area contributed by atoms with Crippen molar-refractivity contribution in [3.63, 3.8) is 0 Å². The zero-order valence-electron chi connectivity index (χ0n) is 10.8. The molecule has 0 amide bonds. The van der Waals surface area contributed by atoms with Gasteiger partial charge in [-0.15, -0.1) is 0 Å². The average molecular weight is 375 g/mol. The minimum Gasteiger partial charge on any atom is -0.478 e. The molecule has 0 saturated heterocycles. The molecule has 10 heteroatoms. The van der Waals surface area contributed by atoms with E-state index in [1.807, 2.05) is 0 Å². The Morgan fingerprint density at radius 1 is 1.10 bits per heavy atom. The average Bonchev–Trinajstić information content (AvgIpc) is 2.36. The molecule has 0 aliphatic carbocycles. The van der Waals surface area contributed by atoms with Crippen molar-refractivity contribution in [1.29, 1.82) is 0 Å². The first-order valence-corrected chi connectivity index (χ1v) is 9.88. The standard InChI is InChI=1S/C11H12Cl2O6S2/c1-2-20(16,17)3-4-21(18,19)10-5-7(11(14)15)8(12)6-9(10)13/h5-6H,2-4H2,1H3,(H,14,15). The lowest BCUT2D eigenvalue weighted by atomic mass is 10.2. The topological polar surface area (TPSA) is 106 Å². The van der Waals surface area contributed by atoms with E-state index in [0.29, 0.717) is 0 Å². The molecule has 118 valence electrons. The van der Waals surface area contributed by atoms with Crippen molar-refractivity contribution >= 4 is 48.8 Å². The second-order valence-electron chi connectivity index (χ2n) is 4.12. The van der Waals surface area contributed by atoms with Gasteiger partial charge in [0.25, 0.3) is 0 Å². The van der Waals surface area contributed by atoms with Gasteiger partial charge in [-0.25, -0.2) is 21.6 Å². The summed E-state index contributed by atoms with van der Waals surface area (Å²) in [6.45, 7) is 1.40. The lowest BCUT2D eigenvalue weighted by Gasteiger charge is -2.09. The molecule has 1 N–H and O–H groups in total. The maximum absolute atomic E-state index is 12.1. The number of hydrogen-bond acceptors (Lipinski definition) is 5. The maximum Gasteiger partial charge on any atom is 0.337 e. The van der Waals surface area contributed by atoms with Gasteiger partial charge in [-0.05, 0) is 12.1 Å². The first-order valence-electron chi connectivity index (χ1n) is 5.65. The number of carboxylic acids is 1. The lowest BCUT2D eigenvalue weighted by molar-refractivity contribution is 0.0697. The summed E-state index contributed by atoms with van der Waals surface area (Å²) in [5.41, 5.74) is -0.419. The fourth-order valence-corrected chi connectivity index (χ4v) is 5.29. The van der Waals surface area contributed by atoms with E-state index in [2.05, 4.69) is 0 Å². The van der Waals surface area contributed by atoms with E-state index >= 15 is 0 Å². The van der Waals surface area contributed by atoms with Crippen molar-refractivity contribution < 1.29 is 26.7 Å². The van der Waals surface area contributed by atoms with Crippen molar-refractivity contribution in [3.05, 3.63) is 27.7 Å². The van der Waals surface area contributed by atoms with Gasteiger partial charge in [0.1, 0.15) is 0 Å². The molecule has 0 bridgehead atoms. The van der Waals surface area contributed by atoms with E-state index in [-0.39, 0.29) is 15.8 Å². The summed E-state index contributed by atoms with van der Waals surface area (Å²) in [5.74, 6) is -2.83.